The number of carbonyl (C=O) groups excluding carboxylic acids is 1. The number of nitrogens with two attached hydrogens (primary N) is 2. The molecule has 31 heavy (non-hydrogen) atoms. The van der Waals surface area contributed by atoms with Crippen LogP contribution in [0.2, 0.25) is 0 Å². The van der Waals surface area contributed by atoms with Crippen LogP contribution in [-0.2, 0) is 22.4 Å². The molecule has 0 fully saturated rings. The van der Waals surface area contributed by atoms with Gasteiger partial charge in [-0.05, 0) is 42.3 Å². The standard InChI is InChI=1S/C21H22N6O4/c1-12-4-2-3-5-14(12)10-16(20(29)30)25-17(28)11-18-26-27-19(31-18)13-6-8-15(9-7-13)24-21(22)23/h2-9,16H,10-11H2,1H3,(H,25,28)(H,29,30)(H4,22,23,24). The van der Waals surface area contributed by atoms with E-state index in [1.165, 1.54) is 0 Å². The number of hydrogen-bond acceptors (Lipinski definition) is 6. The second kappa shape index (κ2) is 9.53. The Bertz CT molecular complexity index is 1100. The summed E-state index contributed by atoms with van der Waals surface area (Å²) in [4.78, 5) is 27.9. The zero-order chi connectivity index (χ0) is 22.4. The summed E-state index contributed by atoms with van der Waals surface area (Å²) in [5, 5.41) is 19.8. The molecule has 1 unspecified atom stereocenters. The highest BCUT2D eigenvalue weighted by atomic mass is 16.4. The van der Waals surface area contributed by atoms with Crippen LogP contribution in [0.5, 0.6) is 0 Å². The molecular formula is C21H22N6O4. The van der Waals surface area contributed by atoms with Crippen molar-refractivity contribution in [3.05, 3.63) is 65.5 Å². The van der Waals surface area contributed by atoms with Crippen LogP contribution in [0.3, 0.4) is 0 Å². The molecule has 1 aromatic heterocycles. The summed E-state index contributed by atoms with van der Waals surface area (Å²) in [6.45, 7) is 1.89. The molecule has 0 saturated carbocycles. The third kappa shape index (κ3) is 5.89. The van der Waals surface area contributed by atoms with E-state index in [2.05, 4.69) is 20.5 Å². The van der Waals surface area contributed by atoms with E-state index in [0.717, 1.165) is 11.1 Å². The Morgan fingerprint density at radius 2 is 1.84 bits per heavy atom. The van der Waals surface area contributed by atoms with E-state index in [9.17, 15) is 14.7 Å². The molecule has 0 spiro atoms. The van der Waals surface area contributed by atoms with Crippen molar-refractivity contribution in [3.8, 4) is 11.5 Å². The van der Waals surface area contributed by atoms with Crippen LogP contribution in [0, 0.1) is 6.92 Å². The number of carboxylic acid groups (broad SMARTS) is 1. The van der Waals surface area contributed by atoms with Gasteiger partial charge in [0.1, 0.15) is 12.5 Å². The van der Waals surface area contributed by atoms with Crippen LogP contribution in [-0.4, -0.2) is 39.2 Å². The average Bonchev–Trinajstić information content (AvgIpc) is 3.17. The minimum Gasteiger partial charge on any atom is -0.480 e. The summed E-state index contributed by atoms with van der Waals surface area (Å²) in [6.07, 6.45) is -0.0678. The van der Waals surface area contributed by atoms with Crippen LogP contribution in [0.1, 0.15) is 17.0 Å². The van der Waals surface area contributed by atoms with Gasteiger partial charge in [0.15, 0.2) is 5.96 Å². The molecule has 0 aliphatic heterocycles. The Balaban J connectivity index is 1.64. The molecule has 1 heterocycles. The fourth-order valence-electron chi connectivity index (χ4n) is 2.91. The fourth-order valence-corrected chi connectivity index (χ4v) is 2.91. The van der Waals surface area contributed by atoms with Crippen molar-refractivity contribution in [3.63, 3.8) is 0 Å². The van der Waals surface area contributed by atoms with E-state index >= 15 is 0 Å². The van der Waals surface area contributed by atoms with Gasteiger partial charge in [0.2, 0.25) is 17.7 Å². The van der Waals surface area contributed by atoms with Crippen LogP contribution in [0.4, 0.5) is 5.69 Å². The van der Waals surface area contributed by atoms with E-state index < -0.39 is 17.9 Å². The predicted octanol–water partition coefficient (Wildman–Crippen LogP) is 1.30. The second-order valence-electron chi connectivity index (χ2n) is 6.85. The van der Waals surface area contributed by atoms with Crippen molar-refractivity contribution >= 4 is 23.5 Å². The second-order valence-corrected chi connectivity index (χ2v) is 6.85. The normalized spacial score (nSPS) is 11.5. The van der Waals surface area contributed by atoms with Gasteiger partial charge in [-0.25, -0.2) is 9.79 Å². The van der Waals surface area contributed by atoms with Gasteiger partial charge in [-0.2, -0.15) is 0 Å². The molecule has 1 atom stereocenters. The van der Waals surface area contributed by atoms with Crippen molar-refractivity contribution in [2.45, 2.75) is 25.8 Å². The van der Waals surface area contributed by atoms with Gasteiger partial charge in [-0.15, -0.1) is 10.2 Å². The third-order valence-corrected chi connectivity index (χ3v) is 4.47. The molecule has 0 radical (unpaired) electrons. The SMILES string of the molecule is Cc1ccccc1CC(NC(=O)Cc1nnc(-c2ccc(N=C(N)N)cc2)o1)C(=O)O. The number of aryl methyl sites for hydroxylation is 1. The van der Waals surface area contributed by atoms with Crippen molar-refractivity contribution < 1.29 is 19.1 Å². The molecule has 10 heteroatoms. The molecule has 0 aliphatic carbocycles. The zero-order valence-electron chi connectivity index (χ0n) is 16.8. The maximum atomic E-state index is 12.4. The highest BCUT2D eigenvalue weighted by molar-refractivity contribution is 5.84. The topological polar surface area (TPSA) is 170 Å². The number of aliphatic carboxylic acids is 1. The van der Waals surface area contributed by atoms with Crippen LogP contribution in [0.15, 0.2) is 57.9 Å². The molecule has 1 amide bonds. The van der Waals surface area contributed by atoms with Crippen molar-refractivity contribution in [2.75, 3.05) is 0 Å². The highest BCUT2D eigenvalue weighted by Gasteiger charge is 2.22. The van der Waals surface area contributed by atoms with Gasteiger partial charge in [0.05, 0.1) is 5.69 Å². The zero-order valence-corrected chi connectivity index (χ0v) is 16.8. The van der Waals surface area contributed by atoms with E-state index in [0.29, 0.717) is 11.3 Å². The number of nitrogens with zero attached hydrogens (tertiary/aromatic N) is 3. The van der Waals surface area contributed by atoms with Crippen molar-refractivity contribution in [1.82, 2.24) is 15.5 Å². The van der Waals surface area contributed by atoms with Crippen molar-refractivity contribution in [1.29, 1.82) is 0 Å². The summed E-state index contributed by atoms with van der Waals surface area (Å²) in [5.74, 6) is -1.42. The lowest BCUT2D eigenvalue weighted by molar-refractivity contribution is -0.141. The van der Waals surface area contributed by atoms with Crippen molar-refractivity contribution in [2.24, 2.45) is 16.5 Å². The highest BCUT2D eigenvalue weighted by Crippen LogP contribution is 2.21. The summed E-state index contributed by atoms with van der Waals surface area (Å²) in [5.41, 5.74) is 13.7. The van der Waals surface area contributed by atoms with Crippen LogP contribution >= 0.6 is 0 Å². The molecule has 3 aromatic rings. The first kappa shape index (κ1) is 21.5. The molecule has 2 aromatic carbocycles. The summed E-state index contributed by atoms with van der Waals surface area (Å²) >= 11 is 0. The number of carbonyl (C=O) groups is 2. The number of aromatic nitrogens is 2. The molecular weight excluding hydrogens is 400 g/mol. The first-order valence-corrected chi connectivity index (χ1v) is 9.41. The van der Waals surface area contributed by atoms with Gasteiger partial charge in [-0.3, -0.25) is 4.79 Å². The van der Waals surface area contributed by atoms with Crippen LogP contribution < -0.4 is 16.8 Å². The summed E-state index contributed by atoms with van der Waals surface area (Å²) in [6, 6.07) is 13.1. The molecule has 0 aliphatic rings. The first-order chi connectivity index (χ1) is 14.8. The Morgan fingerprint density at radius 3 is 2.48 bits per heavy atom. The lowest BCUT2D eigenvalue weighted by Crippen LogP contribution is -2.43. The Hall–Kier alpha value is -4.21. The molecule has 6 N–H and O–H groups in total. The number of nitrogens with one attached hydrogen (secondary N) is 1. The molecule has 0 bridgehead atoms. The minimum absolute atomic E-state index is 0.0547. The number of aliphatic imine (C=N–C) groups is 1. The Kier molecular flexibility index (Phi) is 6.61. The maximum absolute atomic E-state index is 12.4. The first-order valence-electron chi connectivity index (χ1n) is 9.41. The number of guanidine groups is 1. The van der Waals surface area contributed by atoms with E-state index in [1.54, 1.807) is 24.3 Å². The van der Waals surface area contributed by atoms with Crippen LogP contribution in [0.25, 0.3) is 11.5 Å². The molecule has 160 valence electrons. The number of benzene rings is 2. The van der Waals surface area contributed by atoms with Gasteiger partial charge < -0.3 is 26.3 Å². The summed E-state index contributed by atoms with van der Waals surface area (Å²) < 4.78 is 5.53. The van der Waals surface area contributed by atoms with E-state index in [4.69, 9.17) is 15.9 Å². The monoisotopic (exact) mass is 422 g/mol. The largest absolute Gasteiger partial charge is 0.480 e. The summed E-state index contributed by atoms with van der Waals surface area (Å²) in [7, 11) is 0. The van der Waals surface area contributed by atoms with Gasteiger partial charge >= 0.3 is 5.97 Å². The predicted molar refractivity (Wildman–Crippen MR) is 113 cm³/mol. The Labute approximate surface area is 178 Å². The van der Waals surface area contributed by atoms with Gasteiger partial charge in [0.25, 0.3) is 0 Å². The number of carboxylic acids is 1. The molecule has 0 saturated heterocycles. The molecule has 10 nitrogen and oxygen atoms in total. The lowest BCUT2D eigenvalue weighted by Gasteiger charge is -2.15. The number of rotatable bonds is 8. The lowest BCUT2D eigenvalue weighted by atomic mass is 10.0. The fraction of sp³-hybridized carbons (Fsp3) is 0.190. The van der Waals surface area contributed by atoms with E-state index in [-0.39, 0.29) is 30.6 Å². The minimum atomic E-state index is -1.12. The van der Waals surface area contributed by atoms with Gasteiger partial charge in [-0.1, -0.05) is 24.3 Å². The maximum Gasteiger partial charge on any atom is 0.326 e. The smallest absolute Gasteiger partial charge is 0.326 e. The molecule has 3 rings (SSSR count). The quantitative estimate of drug-likeness (QED) is 0.311. The Morgan fingerprint density at radius 1 is 1.13 bits per heavy atom. The number of amides is 1. The average molecular weight is 422 g/mol. The third-order valence-electron chi connectivity index (χ3n) is 4.47. The van der Waals surface area contributed by atoms with E-state index in [1.807, 2.05) is 31.2 Å². The number of hydrogen-bond donors (Lipinski definition) is 4. The van der Waals surface area contributed by atoms with Gasteiger partial charge in [0, 0.05) is 12.0 Å².